The first-order valence-corrected chi connectivity index (χ1v) is 11.8. The van der Waals surface area contributed by atoms with Crippen LogP contribution >= 0.6 is 23.5 Å². The van der Waals surface area contributed by atoms with Gasteiger partial charge in [0.25, 0.3) is 0 Å². The standard InChI is InChI=1S/C27H20S2/c1-17-16-22(27-19-9-3-2-8-18(19)14-15-25(27)28-17)26-20-10-4-6-12-23(20)29-24-13-7-5-11-21(24)26/h2-15,17H,16H2,1H3. The lowest BCUT2D eigenvalue weighted by Gasteiger charge is -2.31. The minimum absolute atomic E-state index is 0.570. The Labute approximate surface area is 180 Å². The summed E-state index contributed by atoms with van der Waals surface area (Å²) in [5.74, 6) is 0. The Balaban J connectivity index is 1.77. The van der Waals surface area contributed by atoms with Gasteiger partial charge in [0, 0.05) is 19.9 Å². The number of benzene rings is 4. The third-order valence-electron chi connectivity index (χ3n) is 5.85. The molecule has 4 aromatic rings. The maximum Gasteiger partial charge on any atom is 0.0201 e. The molecule has 0 N–H and O–H groups in total. The minimum atomic E-state index is 0.570. The lowest BCUT2D eigenvalue weighted by molar-refractivity contribution is 0.975. The quantitative estimate of drug-likeness (QED) is 0.253. The molecule has 0 amide bonds. The Morgan fingerprint density at radius 1 is 0.690 bits per heavy atom. The number of hydrogen-bond acceptors (Lipinski definition) is 2. The summed E-state index contributed by atoms with van der Waals surface area (Å²) in [4.78, 5) is 4.14. The molecule has 2 aliphatic heterocycles. The Morgan fingerprint density at radius 2 is 1.34 bits per heavy atom. The van der Waals surface area contributed by atoms with E-state index in [1.807, 2.05) is 23.5 Å². The van der Waals surface area contributed by atoms with Crippen molar-refractivity contribution >= 4 is 45.4 Å². The van der Waals surface area contributed by atoms with Crippen LogP contribution in [0.4, 0.5) is 0 Å². The van der Waals surface area contributed by atoms with Crippen LogP contribution < -0.4 is 0 Å². The summed E-state index contributed by atoms with van der Waals surface area (Å²) in [5.41, 5.74) is 7.13. The minimum Gasteiger partial charge on any atom is -0.122 e. The fourth-order valence-electron chi connectivity index (χ4n) is 4.65. The van der Waals surface area contributed by atoms with Gasteiger partial charge in [0.1, 0.15) is 0 Å². The van der Waals surface area contributed by atoms with Gasteiger partial charge in [0.15, 0.2) is 0 Å². The van der Waals surface area contributed by atoms with E-state index in [9.17, 15) is 0 Å². The number of hydrogen-bond donors (Lipinski definition) is 0. The monoisotopic (exact) mass is 408 g/mol. The van der Waals surface area contributed by atoms with Crippen molar-refractivity contribution in [3.8, 4) is 0 Å². The second-order valence-electron chi connectivity index (χ2n) is 7.74. The van der Waals surface area contributed by atoms with Crippen LogP contribution in [-0.4, -0.2) is 5.25 Å². The van der Waals surface area contributed by atoms with Crippen molar-refractivity contribution in [1.29, 1.82) is 0 Å². The topological polar surface area (TPSA) is 0 Å². The van der Waals surface area contributed by atoms with Crippen LogP contribution in [0.3, 0.4) is 0 Å². The van der Waals surface area contributed by atoms with E-state index in [-0.39, 0.29) is 0 Å². The van der Waals surface area contributed by atoms with E-state index in [2.05, 4.69) is 91.9 Å². The van der Waals surface area contributed by atoms with Crippen LogP contribution in [0, 0.1) is 0 Å². The molecule has 0 spiro atoms. The normalized spacial score (nSPS) is 17.6. The molecule has 0 bridgehead atoms. The van der Waals surface area contributed by atoms with Crippen molar-refractivity contribution in [2.24, 2.45) is 0 Å². The van der Waals surface area contributed by atoms with Crippen LogP contribution in [0.15, 0.2) is 99.6 Å². The molecule has 0 radical (unpaired) electrons. The molecule has 2 heteroatoms. The molecule has 6 rings (SSSR count). The van der Waals surface area contributed by atoms with Crippen LogP contribution in [0.5, 0.6) is 0 Å². The average Bonchev–Trinajstić information content (AvgIpc) is 2.76. The zero-order chi connectivity index (χ0) is 19.4. The predicted octanol–water partition coefficient (Wildman–Crippen LogP) is 8.15. The Hall–Kier alpha value is -2.42. The van der Waals surface area contributed by atoms with Crippen LogP contribution in [-0.2, 0) is 0 Å². The zero-order valence-electron chi connectivity index (χ0n) is 16.2. The number of fused-ring (bicyclic) bond motifs is 5. The van der Waals surface area contributed by atoms with Crippen LogP contribution in [0.25, 0.3) is 21.9 Å². The van der Waals surface area contributed by atoms with Gasteiger partial charge in [-0.15, -0.1) is 11.8 Å². The van der Waals surface area contributed by atoms with Gasteiger partial charge in [0.05, 0.1) is 0 Å². The van der Waals surface area contributed by atoms with Crippen molar-refractivity contribution in [2.45, 2.75) is 33.3 Å². The fourth-order valence-corrected chi connectivity index (χ4v) is 6.92. The summed E-state index contributed by atoms with van der Waals surface area (Å²) in [6.07, 6.45) is 1.09. The molecule has 1 unspecified atom stereocenters. The SMILES string of the molecule is CC1CC(=C2c3ccccc3Sc3ccccc32)c2c(ccc3ccccc23)S1. The first-order chi connectivity index (χ1) is 14.3. The van der Waals surface area contributed by atoms with Gasteiger partial charge in [-0.1, -0.05) is 85.4 Å². The summed E-state index contributed by atoms with van der Waals surface area (Å²) in [5, 5.41) is 3.27. The van der Waals surface area contributed by atoms with Crippen molar-refractivity contribution < 1.29 is 0 Å². The summed E-state index contributed by atoms with van der Waals surface area (Å²) in [6.45, 7) is 2.36. The molecule has 140 valence electrons. The first kappa shape index (κ1) is 17.4. The molecule has 0 aromatic heterocycles. The number of thioether (sulfide) groups is 1. The van der Waals surface area contributed by atoms with Gasteiger partial charge in [0.2, 0.25) is 0 Å². The summed E-state index contributed by atoms with van der Waals surface area (Å²) in [6, 6.07) is 31.3. The molecule has 0 aliphatic carbocycles. The average molecular weight is 409 g/mol. The van der Waals surface area contributed by atoms with E-state index in [4.69, 9.17) is 0 Å². The summed E-state index contributed by atoms with van der Waals surface area (Å²) >= 11 is 3.91. The molecule has 1 atom stereocenters. The maximum atomic E-state index is 2.36. The molecule has 2 aliphatic rings. The molecule has 0 saturated heterocycles. The lowest BCUT2D eigenvalue weighted by atomic mass is 9.85. The Bertz CT molecular complexity index is 1250. The maximum absolute atomic E-state index is 2.36. The van der Waals surface area contributed by atoms with Crippen LogP contribution in [0.2, 0.25) is 0 Å². The third-order valence-corrected chi connectivity index (χ3v) is 8.16. The predicted molar refractivity (Wildman–Crippen MR) is 127 cm³/mol. The fraction of sp³-hybridized carbons (Fsp3) is 0.111. The molecule has 0 saturated carbocycles. The second-order valence-corrected chi connectivity index (χ2v) is 10.3. The third kappa shape index (κ3) is 2.78. The van der Waals surface area contributed by atoms with Gasteiger partial charge in [-0.05, 0) is 63.2 Å². The zero-order valence-corrected chi connectivity index (χ0v) is 17.8. The number of rotatable bonds is 0. The highest BCUT2D eigenvalue weighted by Crippen LogP contribution is 2.53. The van der Waals surface area contributed by atoms with Crippen molar-refractivity contribution in [3.05, 3.63) is 102 Å². The number of allylic oxidation sites excluding steroid dienone is 1. The van der Waals surface area contributed by atoms with E-state index in [1.54, 1.807) is 0 Å². The first-order valence-electron chi connectivity index (χ1n) is 10.1. The van der Waals surface area contributed by atoms with E-state index in [1.165, 1.54) is 53.3 Å². The van der Waals surface area contributed by atoms with E-state index in [0.29, 0.717) is 5.25 Å². The van der Waals surface area contributed by atoms with E-state index < -0.39 is 0 Å². The molecular weight excluding hydrogens is 388 g/mol. The van der Waals surface area contributed by atoms with Crippen molar-refractivity contribution in [1.82, 2.24) is 0 Å². The Morgan fingerprint density at radius 3 is 2.10 bits per heavy atom. The van der Waals surface area contributed by atoms with E-state index >= 15 is 0 Å². The van der Waals surface area contributed by atoms with Gasteiger partial charge < -0.3 is 0 Å². The largest absolute Gasteiger partial charge is 0.122 e. The molecule has 0 fully saturated rings. The molecule has 0 nitrogen and oxygen atoms in total. The highest BCUT2D eigenvalue weighted by atomic mass is 32.2. The second kappa shape index (κ2) is 6.83. The van der Waals surface area contributed by atoms with Crippen LogP contribution in [0.1, 0.15) is 30.0 Å². The van der Waals surface area contributed by atoms with Crippen molar-refractivity contribution in [2.75, 3.05) is 0 Å². The van der Waals surface area contributed by atoms with Crippen molar-refractivity contribution in [3.63, 3.8) is 0 Å². The molecule has 29 heavy (non-hydrogen) atoms. The van der Waals surface area contributed by atoms with E-state index in [0.717, 1.165) is 6.42 Å². The summed E-state index contributed by atoms with van der Waals surface area (Å²) in [7, 11) is 0. The van der Waals surface area contributed by atoms with Gasteiger partial charge >= 0.3 is 0 Å². The van der Waals surface area contributed by atoms with Gasteiger partial charge in [-0.2, -0.15) is 0 Å². The highest BCUT2D eigenvalue weighted by molar-refractivity contribution is 8.00. The molecule has 4 aromatic carbocycles. The van der Waals surface area contributed by atoms with Gasteiger partial charge in [-0.3, -0.25) is 0 Å². The van der Waals surface area contributed by atoms with Gasteiger partial charge in [-0.25, -0.2) is 0 Å². The molecular formula is C27H20S2. The summed E-state index contributed by atoms with van der Waals surface area (Å²) < 4.78 is 0. The Kier molecular flexibility index (Phi) is 4.11. The molecule has 2 heterocycles. The smallest absolute Gasteiger partial charge is 0.0201 e. The lowest BCUT2D eigenvalue weighted by Crippen LogP contribution is -2.11. The highest BCUT2D eigenvalue weighted by Gasteiger charge is 2.29.